The normalized spacial score (nSPS) is 10.6. The standard InChI is InChI=1S/C16H13N3O4S2/c1-23-15(22)9-2-4-10(5-3-9)17-12(20)8-25-16-18-11-6-7-24-13(11)14(21)19-16/h2-7H,8H2,1H3,(H,17,20)(H,18,19,21). The number of thioether (sulfide) groups is 1. The molecule has 0 bridgehead atoms. The zero-order valence-corrected chi connectivity index (χ0v) is 14.7. The Bertz CT molecular complexity index is 979. The minimum atomic E-state index is -0.438. The zero-order chi connectivity index (χ0) is 17.8. The van der Waals surface area contributed by atoms with E-state index in [0.29, 0.717) is 26.6 Å². The molecule has 0 saturated heterocycles. The summed E-state index contributed by atoms with van der Waals surface area (Å²) < 4.78 is 5.18. The van der Waals surface area contributed by atoms with Gasteiger partial charge in [-0.1, -0.05) is 11.8 Å². The van der Waals surface area contributed by atoms with Gasteiger partial charge in [0.05, 0.1) is 23.9 Å². The van der Waals surface area contributed by atoms with Crippen LogP contribution in [0, 0.1) is 0 Å². The Kier molecular flexibility index (Phi) is 5.15. The summed E-state index contributed by atoms with van der Waals surface area (Å²) in [6, 6.07) is 8.14. The predicted molar refractivity (Wildman–Crippen MR) is 97.4 cm³/mol. The van der Waals surface area contributed by atoms with Crippen LogP contribution in [-0.2, 0) is 9.53 Å². The van der Waals surface area contributed by atoms with E-state index in [9.17, 15) is 14.4 Å². The number of amides is 1. The van der Waals surface area contributed by atoms with E-state index in [2.05, 4.69) is 20.0 Å². The molecule has 0 spiro atoms. The molecule has 0 fully saturated rings. The Morgan fingerprint density at radius 2 is 2.04 bits per heavy atom. The molecule has 2 aromatic heterocycles. The molecule has 0 saturated carbocycles. The summed E-state index contributed by atoms with van der Waals surface area (Å²) in [5.74, 6) is -0.590. The van der Waals surface area contributed by atoms with Crippen molar-refractivity contribution in [2.24, 2.45) is 0 Å². The molecule has 0 atom stereocenters. The first-order chi connectivity index (χ1) is 12.1. The highest BCUT2D eigenvalue weighted by Crippen LogP contribution is 2.19. The van der Waals surface area contributed by atoms with Gasteiger partial charge in [0.25, 0.3) is 5.56 Å². The second-order valence-electron chi connectivity index (χ2n) is 4.91. The highest BCUT2D eigenvalue weighted by Gasteiger charge is 2.09. The van der Waals surface area contributed by atoms with Crippen molar-refractivity contribution >= 4 is 50.9 Å². The number of anilines is 1. The van der Waals surface area contributed by atoms with Crippen molar-refractivity contribution in [3.05, 3.63) is 51.6 Å². The van der Waals surface area contributed by atoms with Crippen LogP contribution in [0.15, 0.2) is 45.7 Å². The van der Waals surface area contributed by atoms with Gasteiger partial charge in [0, 0.05) is 5.69 Å². The third-order valence-corrected chi connectivity index (χ3v) is 5.00. The number of H-pyrrole nitrogens is 1. The number of thiophene rings is 1. The Morgan fingerprint density at radius 1 is 1.28 bits per heavy atom. The lowest BCUT2D eigenvalue weighted by Crippen LogP contribution is -2.15. The number of rotatable bonds is 5. The monoisotopic (exact) mass is 375 g/mol. The quantitative estimate of drug-likeness (QED) is 0.404. The lowest BCUT2D eigenvalue weighted by Gasteiger charge is -2.06. The second kappa shape index (κ2) is 7.49. The largest absolute Gasteiger partial charge is 0.465 e. The van der Waals surface area contributed by atoms with Crippen LogP contribution in [0.2, 0.25) is 0 Å². The van der Waals surface area contributed by atoms with Crippen molar-refractivity contribution in [3.8, 4) is 0 Å². The van der Waals surface area contributed by atoms with E-state index in [1.54, 1.807) is 35.7 Å². The Labute approximate surface area is 150 Å². The lowest BCUT2D eigenvalue weighted by atomic mass is 10.2. The number of hydrogen-bond acceptors (Lipinski definition) is 7. The maximum atomic E-state index is 12.0. The Balaban J connectivity index is 1.60. The van der Waals surface area contributed by atoms with Gasteiger partial charge < -0.3 is 15.0 Å². The third kappa shape index (κ3) is 4.06. The molecule has 3 aromatic rings. The maximum Gasteiger partial charge on any atom is 0.337 e. The number of hydrogen-bond donors (Lipinski definition) is 2. The number of methoxy groups -OCH3 is 1. The average molecular weight is 375 g/mol. The van der Waals surface area contributed by atoms with Crippen molar-refractivity contribution in [2.45, 2.75) is 5.16 Å². The van der Waals surface area contributed by atoms with Gasteiger partial charge in [0.15, 0.2) is 5.16 Å². The van der Waals surface area contributed by atoms with E-state index >= 15 is 0 Å². The number of esters is 1. The van der Waals surface area contributed by atoms with Gasteiger partial charge in [-0.3, -0.25) is 9.59 Å². The Morgan fingerprint density at radius 3 is 2.76 bits per heavy atom. The number of nitrogens with one attached hydrogen (secondary N) is 2. The van der Waals surface area contributed by atoms with Crippen LogP contribution >= 0.6 is 23.1 Å². The summed E-state index contributed by atoms with van der Waals surface area (Å²) in [5.41, 5.74) is 1.38. The van der Waals surface area contributed by atoms with Crippen molar-refractivity contribution < 1.29 is 14.3 Å². The van der Waals surface area contributed by atoms with Crippen molar-refractivity contribution in [3.63, 3.8) is 0 Å². The molecule has 0 aliphatic rings. The number of carbonyl (C=O) groups is 2. The number of benzene rings is 1. The van der Waals surface area contributed by atoms with Crippen LogP contribution in [-0.4, -0.2) is 34.7 Å². The first-order valence-corrected chi connectivity index (χ1v) is 9.02. The van der Waals surface area contributed by atoms with Gasteiger partial charge in [-0.25, -0.2) is 9.78 Å². The molecular formula is C16H13N3O4S2. The fraction of sp³-hybridized carbons (Fsp3) is 0.125. The molecule has 1 amide bonds. The van der Waals surface area contributed by atoms with Crippen LogP contribution < -0.4 is 10.9 Å². The molecule has 0 unspecified atom stereocenters. The number of aromatic nitrogens is 2. The lowest BCUT2D eigenvalue weighted by molar-refractivity contribution is -0.113. The van der Waals surface area contributed by atoms with Gasteiger partial charge >= 0.3 is 5.97 Å². The number of ether oxygens (including phenoxy) is 1. The molecule has 3 rings (SSSR count). The molecule has 2 heterocycles. The molecule has 128 valence electrons. The molecule has 2 N–H and O–H groups in total. The van der Waals surface area contributed by atoms with Crippen molar-refractivity contribution in [1.29, 1.82) is 0 Å². The van der Waals surface area contributed by atoms with Crippen LogP contribution in [0.5, 0.6) is 0 Å². The highest BCUT2D eigenvalue weighted by atomic mass is 32.2. The van der Waals surface area contributed by atoms with Crippen LogP contribution in [0.1, 0.15) is 10.4 Å². The van der Waals surface area contributed by atoms with Crippen LogP contribution in [0.3, 0.4) is 0 Å². The summed E-state index contributed by atoms with van der Waals surface area (Å²) >= 11 is 2.47. The maximum absolute atomic E-state index is 12.0. The number of aromatic amines is 1. The summed E-state index contributed by atoms with van der Waals surface area (Å²) in [6.45, 7) is 0. The summed E-state index contributed by atoms with van der Waals surface area (Å²) in [6.07, 6.45) is 0. The molecule has 0 aliphatic carbocycles. The molecule has 1 aromatic carbocycles. The van der Waals surface area contributed by atoms with Crippen molar-refractivity contribution in [1.82, 2.24) is 9.97 Å². The minimum absolute atomic E-state index is 0.0946. The number of fused-ring (bicyclic) bond motifs is 1. The van der Waals surface area contributed by atoms with Gasteiger partial charge in [0.2, 0.25) is 5.91 Å². The topological polar surface area (TPSA) is 101 Å². The molecule has 25 heavy (non-hydrogen) atoms. The number of carbonyl (C=O) groups excluding carboxylic acids is 2. The van der Waals surface area contributed by atoms with Crippen molar-refractivity contribution in [2.75, 3.05) is 18.2 Å². The fourth-order valence-electron chi connectivity index (χ4n) is 2.06. The second-order valence-corrected chi connectivity index (χ2v) is 6.79. The third-order valence-electron chi connectivity index (χ3n) is 3.22. The molecular weight excluding hydrogens is 362 g/mol. The van der Waals surface area contributed by atoms with E-state index in [0.717, 1.165) is 11.8 Å². The predicted octanol–water partition coefficient (Wildman–Crippen LogP) is 2.50. The van der Waals surface area contributed by atoms with E-state index in [1.165, 1.54) is 18.4 Å². The van der Waals surface area contributed by atoms with Crippen LogP contribution in [0.25, 0.3) is 10.2 Å². The van der Waals surface area contributed by atoms with Crippen LogP contribution in [0.4, 0.5) is 5.69 Å². The minimum Gasteiger partial charge on any atom is -0.465 e. The smallest absolute Gasteiger partial charge is 0.337 e. The molecule has 0 radical (unpaired) electrons. The first kappa shape index (κ1) is 17.2. The zero-order valence-electron chi connectivity index (χ0n) is 13.1. The van der Waals surface area contributed by atoms with E-state index < -0.39 is 5.97 Å². The average Bonchev–Trinajstić information content (AvgIpc) is 3.09. The fourth-order valence-corrected chi connectivity index (χ4v) is 3.45. The molecule has 7 nitrogen and oxygen atoms in total. The van der Waals surface area contributed by atoms with Gasteiger partial charge in [-0.2, -0.15) is 0 Å². The molecule has 0 aliphatic heterocycles. The van der Waals surface area contributed by atoms with Gasteiger partial charge in [0.1, 0.15) is 4.70 Å². The summed E-state index contributed by atoms with van der Waals surface area (Å²) in [4.78, 5) is 42.2. The van der Waals surface area contributed by atoms with Gasteiger partial charge in [-0.05, 0) is 35.7 Å². The van der Waals surface area contributed by atoms with Gasteiger partial charge in [-0.15, -0.1) is 11.3 Å². The van der Waals surface area contributed by atoms with E-state index in [1.807, 2.05) is 0 Å². The van der Waals surface area contributed by atoms with E-state index in [-0.39, 0.29) is 17.2 Å². The summed E-state index contributed by atoms with van der Waals surface area (Å²) in [7, 11) is 1.31. The highest BCUT2D eigenvalue weighted by molar-refractivity contribution is 7.99. The first-order valence-electron chi connectivity index (χ1n) is 7.15. The Hall–Kier alpha value is -2.65. The SMILES string of the molecule is COC(=O)c1ccc(NC(=O)CSc2nc3ccsc3c(=O)[nH]2)cc1. The molecule has 9 heteroatoms. The summed E-state index contributed by atoms with van der Waals surface area (Å²) in [5, 5.41) is 4.91. The van der Waals surface area contributed by atoms with E-state index in [4.69, 9.17) is 0 Å². The number of nitrogens with zero attached hydrogens (tertiary/aromatic N) is 1.